The summed E-state index contributed by atoms with van der Waals surface area (Å²) in [7, 11) is 0. The number of nitrogens with one attached hydrogen (secondary N) is 2. The third kappa shape index (κ3) is 6.37. The van der Waals surface area contributed by atoms with E-state index >= 15 is 0 Å². The maximum atomic E-state index is 14.4. The predicted octanol–water partition coefficient (Wildman–Crippen LogP) is 3.09. The van der Waals surface area contributed by atoms with Gasteiger partial charge in [0.05, 0.1) is 35.5 Å². The number of halogens is 1. The number of nitrogens with zero attached hydrogens (tertiary/aromatic N) is 5. The molecular weight excluding hydrogens is 651 g/mol. The number of nitrogens with two attached hydrogens (primary N) is 1. The molecule has 5 amide bonds. The lowest BCUT2D eigenvalue weighted by Crippen LogP contribution is -2.66. The molecule has 4 N–H and O–H groups in total. The number of para-hydroxylation sites is 1. The minimum atomic E-state index is -0.915. The normalized spacial score (nSPS) is 18.9. The molecule has 15 heteroatoms. The zero-order chi connectivity index (χ0) is 34.2. The number of thiazole rings is 1. The van der Waals surface area contributed by atoms with Crippen molar-refractivity contribution >= 4 is 56.1 Å². The lowest BCUT2D eigenvalue weighted by atomic mass is 9.99. The highest BCUT2D eigenvalue weighted by Gasteiger charge is 2.52. The monoisotopic (exact) mass is 684 g/mol. The first-order valence-corrected chi connectivity index (χ1v) is 16.5. The first kappa shape index (κ1) is 32.0. The highest BCUT2D eigenvalue weighted by Crippen LogP contribution is 2.34. The summed E-state index contributed by atoms with van der Waals surface area (Å²) in [5.41, 5.74) is 9.42. The Morgan fingerprint density at radius 1 is 1.16 bits per heavy atom. The Labute approximate surface area is 284 Å². The van der Waals surface area contributed by atoms with Crippen LogP contribution < -0.4 is 21.1 Å². The number of hydrogen-bond acceptors (Lipinski definition) is 9. The molecule has 49 heavy (non-hydrogen) atoms. The molecule has 0 spiro atoms. The third-order valence-electron chi connectivity index (χ3n) is 8.76. The van der Waals surface area contributed by atoms with Crippen molar-refractivity contribution in [1.29, 1.82) is 0 Å². The fraction of sp³-hybridized carbons (Fsp3) is 0.265. The van der Waals surface area contributed by atoms with E-state index in [0.717, 1.165) is 10.3 Å². The summed E-state index contributed by atoms with van der Waals surface area (Å²) in [5, 5.41) is 9.15. The van der Waals surface area contributed by atoms with E-state index in [-0.39, 0.29) is 69.3 Å². The smallest absolute Gasteiger partial charge is 0.332 e. The molecule has 3 aliphatic heterocycles. The standard InChI is InChI=1S/C34H33FN8O5S/c1-2-12-41(34(47)37-15-20-6-9-23(35)10-7-20)42-18-30(45)43-25(14-21-8-11-26-24(13-21)38-28(44)19-48-26)32(46)40(17-29(42)43)16-22-4-3-5-27-31(22)39-33(36)49-27/h2-11,13,25,29H,1,12,14-19H2,(H2,36,39)(H,37,47)(H,38,44)/t25-,29+/m0/s1. The zero-order valence-electron chi connectivity index (χ0n) is 26.3. The van der Waals surface area contributed by atoms with Crippen molar-refractivity contribution < 1.29 is 28.3 Å². The Balaban J connectivity index is 1.20. The number of carbonyl (C=O) groups is 4. The topological polar surface area (TPSA) is 153 Å². The Bertz CT molecular complexity index is 1970. The van der Waals surface area contributed by atoms with E-state index < -0.39 is 18.2 Å². The lowest BCUT2D eigenvalue weighted by Gasteiger charge is -2.46. The van der Waals surface area contributed by atoms with Crippen LogP contribution >= 0.6 is 11.3 Å². The number of piperazine rings is 1. The molecule has 0 aliphatic carbocycles. The number of amides is 5. The first-order chi connectivity index (χ1) is 23.7. The molecule has 3 aromatic carbocycles. The Kier molecular flexibility index (Phi) is 8.60. The van der Waals surface area contributed by atoms with Gasteiger partial charge >= 0.3 is 6.03 Å². The van der Waals surface area contributed by atoms with Gasteiger partial charge in [-0.05, 0) is 47.0 Å². The van der Waals surface area contributed by atoms with Gasteiger partial charge < -0.3 is 30.9 Å². The van der Waals surface area contributed by atoms with Crippen LogP contribution in [-0.2, 0) is 33.9 Å². The van der Waals surface area contributed by atoms with E-state index in [9.17, 15) is 23.6 Å². The van der Waals surface area contributed by atoms with Gasteiger partial charge in [-0.25, -0.2) is 14.2 Å². The second-order valence-electron chi connectivity index (χ2n) is 12.0. The minimum absolute atomic E-state index is 0.0850. The van der Waals surface area contributed by atoms with E-state index in [4.69, 9.17) is 10.5 Å². The Hall–Kier alpha value is -5.54. The number of aromatic nitrogens is 1. The van der Waals surface area contributed by atoms with Gasteiger partial charge in [0.2, 0.25) is 11.8 Å². The van der Waals surface area contributed by atoms with E-state index in [1.807, 2.05) is 24.3 Å². The summed E-state index contributed by atoms with van der Waals surface area (Å²) in [4.78, 5) is 61.6. The van der Waals surface area contributed by atoms with E-state index in [0.29, 0.717) is 33.2 Å². The summed E-state index contributed by atoms with van der Waals surface area (Å²) in [5.74, 6) is -0.726. The molecule has 0 bridgehead atoms. The molecule has 0 radical (unpaired) electrons. The van der Waals surface area contributed by atoms with E-state index in [1.165, 1.54) is 28.5 Å². The fourth-order valence-electron chi connectivity index (χ4n) is 6.52. The molecule has 252 valence electrons. The van der Waals surface area contributed by atoms with Gasteiger partial charge in [-0.15, -0.1) is 6.58 Å². The molecule has 4 heterocycles. The number of nitrogen functional groups attached to an aromatic ring is 1. The molecular formula is C34H33FN8O5S. The molecule has 13 nitrogen and oxygen atoms in total. The number of rotatable bonds is 9. The van der Waals surface area contributed by atoms with Crippen molar-refractivity contribution in [2.75, 3.05) is 37.3 Å². The number of ether oxygens (including phenoxy) is 1. The summed E-state index contributed by atoms with van der Waals surface area (Å²) in [6.07, 6.45) is 1.03. The molecule has 4 aromatic rings. The largest absolute Gasteiger partial charge is 0.482 e. The Morgan fingerprint density at radius 2 is 1.96 bits per heavy atom. The van der Waals surface area contributed by atoms with Crippen LogP contribution in [0.25, 0.3) is 10.2 Å². The molecule has 2 saturated heterocycles. The highest BCUT2D eigenvalue weighted by molar-refractivity contribution is 7.22. The zero-order valence-corrected chi connectivity index (χ0v) is 27.1. The van der Waals surface area contributed by atoms with Gasteiger partial charge in [0.1, 0.15) is 23.8 Å². The summed E-state index contributed by atoms with van der Waals surface area (Å²) in [6, 6.07) is 15.4. The molecule has 2 fully saturated rings. The number of hydrogen-bond donors (Lipinski definition) is 3. The predicted molar refractivity (Wildman–Crippen MR) is 180 cm³/mol. The summed E-state index contributed by atoms with van der Waals surface area (Å²) >= 11 is 1.36. The minimum Gasteiger partial charge on any atom is -0.482 e. The van der Waals surface area contributed by atoms with Crippen LogP contribution in [0, 0.1) is 5.82 Å². The quantitative estimate of drug-likeness (QED) is 0.228. The summed E-state index contributed by atoms with van der Waals surface area (Å²) < 4.78 is 19.8. The van der Waals surface area contributed by atoms with Crippen LogP contribution in [0.2, 0.25) is 0 Å². The van der Waals surface area contributed by atoms with Crippen molar-refractivity contribution in [3.05, 3.63) is 95.8 Å². The third-order valence-corrected chi connectivity index (χ3v) is 9.61. The molecule has 0 saturated carbocycles. The number of urea groups is 1. The number of anilines is 2. The first-order valence-electron chi connectivity index (χ1n) is 15.6. The van der Waals surface area contributed by atoms with Crippen molar-refractivity contribution in [3.8, 4) is 5.75 Å². The lowest BCUT2D eigenvalue weighted by molar-refractivity contribution is -0.157. The van der Waals surface area contributed by atoms with E-state index in [2.05, 4.69) is 22.2 Å². The van der Waals surface area contributed by atoms with Gasteiger partial charge in [-0.2, -0.15) is 5.01 Å². The van der Waals surface area contributed by atoms with Crippen LogP contribution in [-0.4, -0.2) is 87.0 Å². The molecule has 7 rings (SSSR count). The van der Waals surface area contributed by atoms with Gasteiger partial charge in [0, 0.05) is 19.5 Å². The average Bonchev–Trinajstić information content (AvgIpc) is 3.63. The number of carbonyl (C=O) groups excluding carboxylic acids is 4. The van der Waals surface area contributed by atoms with Crippen LogP contribution in [0.4, 0.5) is 20.0 Å². The molecule has 1 aromatic heterocycles. The summed E-state index contributed by atoms with van der Waals surface area (Å²) in [6.45, 7) is 4.13. The van der Waals surface area contributed by atoms with Crippen LogP contribution in [0.5, 0.6) is 5.75 Å². The van der Waals surface area contributed by atoms with Crippen LogP contribution in [0.3, 0.4) is 0 Å². The second-order valence-corrected chi connectivity index (χ2v) is 13.0. The van der Waals surface area contributed by atoms with Crippen LogP contribution in [0.1, 0.15) is 16.7 Å². The van der Waals surface area contributed by atoms with Gasteiger partial charge in [0.15, 0.2) is 11.7 Å². The fourth-order valence-corrected chi connectivity index (χ4v) is 7.31. The number of hydrazine groups is 1. The highest BCUT2D eigenvalue weighted by atomic mass is 32.1. The second kappa shape index (κ2) is 13.2. The molecule has 3 aliphatic rings. The van der Waals surface area contributed by atoms with Crippen molar-refractivity contribution in [2.45, 2.75) is 31.7 Å². The van der Waals surface area contributed by atoms with Crippen molar-refractivity contribution in [2.24, 2.45) is 0 Å². The SMILES string of the molecule is C=CCN(C(=O)NCc1ccc(F)cc1)N1CC(=O)N2[C@@H](Cc3ccc4c(c3)NC(=O)CO4)C(=O)N(Cc3cccc4sc(N)nc34)C[C@@H]21. The molecule has 2 atom stereocenters. The molecule has 0 unspecified atom stereocenters. The van der Waals surface area contributed by atoms with Crippen molar-refractivity contribution in [3.63, 3.8) is 0 Å². The van der Waals surface area contributed by atoms with Gasteiger partial charge in [-0.3, -0.25) is 19.4 Å². The van der Waals surface area contributed by atoms with Crippen molar-refractivity contribution in [1.82, 2.24) is 30.1 Å². The maximum Gasteiger partial charge on any atom is 0.332 e. The van der Waals surface area contributed by atoms with Crippen LogP contribution in [0.15, 0.2) is 73.3 Å². The number of fused-ring (bicyclic) bond motifs is 3. The van der Waals surface area contributed by atoms with Gasteiger partial charge in [-0.1, -0.05) is 47.7 Å². The average molecular weight is 685 g/mol. The van der Waals surface area contributed by atoms with Gasteiger partial charge in [0.25, 0.3) is 5.91 Å². The number of benzene rings is 3. The maximum absolute atomic E-state index is 14.4. The Morgan fingerprint density at radius 3 is 2.76 bits per heavy atom. The van der Waals surface area contributed by atoms with E-state index in [1.54, 1.807) is 45.2 Å².